The first-order chi connectivity index (χ1) is 16.9. The lowest BCUT2D eigenvalue weighted by atomic mass is 9.82. The first-order valence-electron chi connectivity index (χ1n) is 11.5. The summed E-state index contributed by atoms with van der Waals surface area (Å²) >= 11 is 13.0. The van der Waals surface area contributed by atoms with Crippen molar-refractivity contribution in [1.82, 2.24) is 14.7 Å². The van der Waals surface area contributed by atoms with Gasteiger partial charge in [0.15, 0.2) is 0 Å². The number of nitrogens with zero attached hydrogens (tertiary/aromatic N) is 2. The Hall–Kier alpha value is -1.69. The van der Waals surface area contributed by atoms with Crippen molar-refractivity contribution < 1.29 is 13.2 Å². The number of benzene rings is 1. The number of halogens is 2. The molecule has 2 aromatic heterocycles. The lowest BCUT2D eigenvalue weighted by Gasteiger charge is -2.28. The Labute approximate surface area is 219 Å². The molecule has 0 radical (unpaired) electrons. The fourth-order valence-electron chi connectivity index (χ4n) is 4.25. The van der Waals surface area contributed by atoms with Crippen molar-refractivity contribution in [1.29, 1.82) is 0 Å². The molecule has 0 atom stereocenters. The van der Waals surface area contributed by atoms with Crippen LogP contribution in [0.4, 0.5) is 11.8 Å². The number of fused-ring (bicyclic) bond motifs is 1. The number of nitrogens with one attached hydrogen (secondary N) is 3. The normalized spacial score (nSPS) is 18.6. The number of ether oxygens (including phenoxy) is 1. The van der Waals surface area contributed by atoms with E-state index in [1.165, 1.54) is 6.07 Å². The Bertz CT molecular complexity index is 1250. The maximum Gasteiger partial charge on any atom is 0.242 e. The molecule has 8 nitrogen and oxygen atoms in total. The van der Waals surface area contributed by atoms with Crippen LogP contribution in [-0.4, -0.2) is 51.7 Å². The van der Waals surface area contributed by atoms with Crippen molar-refractivity contribution >= 4 is 67.2 Å². The van der Waals surface area contributed by atoms with E-state index >= 15 is 0 Å². The second-order valence-electron chi connectivity index (χ2n) is 8.64. The van der Waals surface area contributed by atoms with Crippen molar-refractivity contribution in [2.45, 2.75) is 30.6 Å². The number of hydrogen-bond acceptors (Lipinski definition) is 8. The van der Waals surface area contributed by atoms with Crippen LogP contribution in [0.2, 0.25) is 8.67 Å². The van der Waals surface area contributed by atoms with Crippen LogP contribution in [0.1, 0.15) is 25.7 Å². The van der Waals surface area contributed by atoms with E-state index in [1.807, 2.05) is 24.3 Å². The van der Waals surface area contributed by atoms with Crippen molar-refractivity contribution in [3.8, 4) is 0 Å². The monoisotopic (exact) mass is 557 g/mol. The van der Waals surface area contributed by atoms with Gasteiger partial charge in [0.05, 0.1) is 16.5 Å². The Kier molecular flexibility index (Phi) is 9.07. The molecule has 2 heterocycles. The van der Waals surface area contributed by atoms with Gasteiger partial charge in [-0.05, 0) is 55.7 Å². The van der Waals surface area contributed by atoms with Crippen LogP contribution in [0.3, 0.4) is 0 Å². The van der Waals surface area contributed by atoms with Gasteiger partial charge in [-0.3, -0.25) is 0 Å². The van der Waals surface area contributed by atoms with Gasteiger partial charge in [0, 0.05) is 32.1 Å². The van der Waals surface area contributed by atoms with Crippen LogP contribution in [0.15, 0.2) is 35.2 Å². The fraction of sp³-hybridized carbons (Fsp3) is 0.478. The summed E-state index contributed by atoms with van der Waals surface area (Å²) in [6.07, 6.45) is 3.93. The molecule has 190 valence electrons. The van der Waals surface area contributed by atoms with E-state index in [4.69, 9.17) is 27.9 Å². The third kappa shape index (κ3) is 6.96. The van der Waals surface area contributed by atoms with Gasteiger partial charge in [-0.1, -0.05) is 35.3 Å². The highest BCUT2D eigenvalue weighted by molar-refractivity contribution is 7.89. The predicted molar refractivity (Wildman–Crippen MR) is 143 cm³/mol. The van der Waals surface area contributed by atoms with Crippen LogP contribution in [-0.2, 0) is 14.8 Å². The number of para-hydroxylation sites is 1. The van der Waals surface area contributed by atoms with E-state index in [9.17, 15) is 8.42 Å². The molecule has 1 fully saturated rings. The summed E-state index contributed by atoms with van der Waals surface area (Å²) in [4.78, 5) is 9.40. The predicted octanol–water partition coefficient (Wildman–Crippen LogP) is 5.25. The Morgan fingerprint density at radius 1 is 1.06 bits per heavy atom. The van der Waals surface area contributed by atoms with Crippen LogP contribution < -0.4 is 15.4 Å². The molecule has 0 bridgehead atoms. The molecule has 0 unspecified atom stereocenters. The molecule has 1 aliphatic carbocycles. The van der Waals surface area contributed by atoms with Crippen LogP contribution in [0, 0.1) is 11.8 Å². The molecule has 0 saturated heterocycles. The number of methoxy groups -OCH3 is 1. The highest BCUT2D eigenvalue weighted by Gasteiger charge is 2.25. The minimum absolute atomic E-state index is 0.0542. The van der Waals surface area contributed by atoms with E-state index in [0.717, 1.165) is 60.3 Å². The minimum Gasteiger partial charge on any atom is -0.383 e. The van der Waals surface area contributed by atoms with Gasteiger partial charge in [0.2, 0.25) is 16.0 Å². The quantitative estimate of drug-likeness (QED) is 0.276. The van der Waals surface area contributed by atoms with Crippen molar-refractivity contribution in [2.24, 2.45) is 11.8 Å². The minimum atomic E-state index is -3.66. The maximum absolute atomic E-state index is 12.6. The Morgan fingerprint density at radius 3 is 2.46 bits per heavy atom. The topological polar surface area (TPSA) is 105 Å². The lowest BCUT2D eigenvalue weighted by Crippen LogP contribution is -2.32. The van der Waals surface area contributed by atoms with Crippen LogP contribution in [0.5, 0.6) is 0 Å². The van der Waals surface area contributed by atoms with E-state index in [-0.39, 0.29) is 9.23 Å². The van der Waals surface area contributed by atoms with Gasteiger partial charge >= 0.3 is 0 Å². The van der Waals surface area contributed by atoms with E-state index in [0.29, 0.717) is 41.8 Å². The largest absolute Gasteiger partial charge is 0.383 e. The highest BCUT2D eigenvalue weighted by atomic mass is 35.5. The molecule has 0 amide bonds. The van der Waals surface area contributed by atoms with Gasteiger partial charge in [-0.2, -0.15) is 4.98 Å². The molecule has 3 N–H and O–H groups in total. The zero-order valence-electron chi connectivity index (χ0n) is 19.4. The maximum atomic E-state index is 12.6. The summed E-state index contributed by atoms with van der Waals surface area (Å²) in [5.74, 6) is 2.17. The molecule has 0 spiro atoms. The van der Waals surface area contributed by atoms with Crippen LogP contribution >= 0.6 is 34.5 Å². The highest BCUT2D eigenvalue weighted by Crippen LogP contribution is 2.35. The van der Waals surface area contributed by atoms with Gasteiger partial charge in [0.25, 0.3) is 0 Å². The van der Waals surface area contributed by atoms with Crippen molar-refractivity contribution in [2.75, 3.05) is 44.0 Å². The third-order valence-electron chi connectivity index (χ3n) is 6.19. The second-order valence-corrected chi connectivity index (χ2v) is 12.7. The molecule has 3 aromatic rings. The molecule has 1 aromatic carbocycles. The molecular weight excluding hydrogens is 529 g/mol. The fourth-order valence-corrected chi connectivity index (χ4v) is 7.51. The number of aromatic nitrogens is 2. The number of sulfonamides is 1. The zero-order chi connectivity index (χ0) is 24.8. The van der Waals surface area contributed by atoms with Gasteiger partial charge < -0.3 is 15.4 Å². The molecule has 1 saturated carbocycles. The Morgan fingerprint density at radius 2 is 1.77 bits per heavy atom. The number of thiophene rings is 1. The molecule has 12 heteroatoms. The number of hydrogen-bond donors (Lipinski definition) is 3. The summed E-state index contributed by atoms with van der Waals surface area (Å²) in [5, 5.41) is 7.71. The first kappa shape index (κ1) is 26.4. The summed E-state index contributed by atoms with van der Waals surface area (Å²) in [7, 11) is -1.99. The van der Waals surface area contributed by atoms with Crippen molar-refractivity contribution in [3.63, 3.8) is 0 Å². The van der Waals surface area contributed by atoms with Gasteiger partial charge in [0.1, 0.15) is 15.0 Å². The molecule has 1 aliphatic rings. The first-order valence-corrected chi connectivity index (χ1v) is 14.6. The summed E-state index contributed by atoms with van der Waals surface area (Å²) in [5.41, 5.74) is 0.882. The number of rotatable bonds is 11. The lowest BCUT2D eigenvalue weighted by molar-refractivity contribution is 0.210. The smallest absolute Gasteiger partial charge is 0.242 e. The molecular formula is C23H29Cl2N5O3S2. The SMILES string of the molecule is COCCNc1nc(NC[C@H]2CC[C@H](CNS(=O)(=O)c3cc(Cl)sc3Cl)CC2)nc2ccccc12. The van der Waals surface area contributed by atoms with E-state index in [1.54, 1.807) is 7.11 Å². The van der Waals surface area contributed by atoms with Crippen molar-refractivity contribution in [3.05, 3.63) is 39.0 Å². The molecule has 0 aliphatic heterocycles. The molecule has 4 rings (SSSR count). The third-order valence-corrected chi connectivity index (χ3v) is 9.37. The summed E-state index contributed by atoms with van der Waals surface area (Å²) in [6.45, 7) is 2.43. The van der Waals surface area contributed by atoms with E-state index in [2.05, 4.69) is 25.3 Å². The summed E-state index contributed by atoms with van der Waals surface area (Å²) in [6, 6.07) is 9.32. The second kappa shape index (κ2) is 12.0. The number of anilines is 2. The van der Waals surface area contributed by atoms with Crippen LogP contribution in [0.25, 0.3) is 10.9 Å². The average molecular weight is 559 g/mol. The molecule has 35 heavy (non-hydrogen) atoms. The zero-order valence-corrected chi connectivity index (χ0v) is 22.5. The standard InChI is InChI=1S/C23H29Cl2N5O3S2/c1-33-11-10-26-22-17-4-2-3-5-18(17)29-23(30-22)27-13-15-6-8-16(9-7-15)14-28-35(31,32)19-12-20(24)34-21(19)25/h2-5,12,15-16,28H,6-11,13-14H2,1H3,(H2,26,27,29,30)/t15-,16-. The summed E-state index contributed by atoms with van der Waals surface area (Å²) < 4.78 is 33.5. The van der Waals surface area contributed by atoms with Gasteiger partial charge in [-0.15, -0.1) is 11.3 Å². The van der Waals surface area contributed by atoms with Gasteiger partial charge in [-0.25, -0.2) is 18.1 Å². The van der Waals surface area contributed by atoms with E-state index < -0.39 is 10.0 Å². The Balaban J connectivity index is 1.28. The average Bonchev–Trinajstić information content (AvgIpc) is 3.21.